The summed E-state index contributed by atoms with van der Waals surface area (Å²) < 4.78 is 25.2. The number of anilines is 1. The number of nitrogens with two attached hydrogens (primary N) is 1. The van der Waals surface area contributed by atoms with Gasteiger partial charge in [0.2, 0.25) is 15.9 Å². The van der Waals surface area contributed by atoms with Crippen molar-refractivity contribution in [2.45, 2.75) is 51.1 Å². The van der Waals surface area contributed by atoms with Gasteiger partial charge in [-0.1, -0.05) is 11.6 Å². The molecular weight excluding hydrogens is 488 g/mol. The van der Waals surface area contributed by atoms with Crippen LogP contribution in [0.4, 0.5) is 5.82 Å². The van der Waals surface area contributed by atoms with Crippen molar-refractivity contribution in [1.29, 1.82) is 0 Å². The molecule has 2 atom stereocenters. The molecule has 0 saturated carbocycles. The third-order valence-corrected chi connectivity index (χ3v) is 8.38. The minimum Gasteiger partial charge on any atom is -0.353 e. The van der Waals surface area contributed by atoms with Crippen molar-refractivity contribution in [1.82, 2.24) is 19.4 Å². The lowest BCUT2D eigenvalue weighted by atomic mass is 10.1. The summed E-state index contributed by atoms with van der Waals surface area (Å²) in [5.74, 6) is 0.584. The van der Waals surface area contributed by atoms with Gasteiger partial charge in [0.25, 0.3) is 0 Å². The molecule has 9 nitrogen and oxygen atoms in total. The van der Waals surface area contributed by atoms with Crippen LogP contribution in [0.1, 0.15) is 37.7 Å². The van der Waals surface area contributed by atoms with Crippen LogP contribution in [-0.4, -0.2) is 64.7 Å². The summed E-state index contributed by atoms with van der Waals surface area (Å²) in [6, 6.07) is 5.54. The SMILES string of the molecule is Cc1c(Cl)ccc2c(-n3ccnc3)cc(N3CCC[C@H]3CC(=O)N3CCCC3CS(N)(=O)=O)nc12. The normalized spacial score (nSPS) is 20.8. The van der Waals surface area contributed by atoms with Gasteiger partial charge in [0.15, 0.2) is 0 Å². The zero-order chi connectivity index (χ0) is 24.7. The fourth-order valence-electron chi connectivity index (χ4n) is 5.41. The number of primary sulfonamides is 1. The third kappa shape index (κ3) is 4.87. The first kappa shape index (κ1) is 24.0. The number of fused-ring (bicyclic) bond motifs is 1. The van der Waals surface area contributed by atoms with E-state index in [9.17, 15) is 13.2 Å². The van der Waals surface area contributed by atoms with E-state index in [0.29, 0.717) is 24.4 Å². The molecule has 2 saturated heterocycles. The van der Waals surface area contributed by atoms with Crippen LogP contribution in [0.2, 0.25) is 5.02 Å². The van der Waals surface area contributed by atoms with Gasteiger partial charge in [-0.25, -0.2) is 23.5 Å². The Morgan fingerprint density at radius 1 is 1.20 bits per heavy atom. The van der Waals surface area contributed by atoms with Gasteiger partial charge in [-0.15, -0.1) is 0 Å². The lowest BCUT2D eigenvalue weighted by Gasteiger charge is -2.30. The van der Waals surface area contributed by atoms with Crippen molar-refractivity contribution in [3.05, 3.63) is 47.5 Å². The molecule has 2 aliphatic heterocycles. The number of carbonyl (C=O) groups is 1. The maximum absolute atomic E-state index is 13.3. The Morgan fingerprint density at radius 2 is 1.97 bits per heavy atom. The predicted octanol–water partition coefficient (Wildman–Crippen LogP) is 3.02. The summed E-state index contributed by atoms with van der Waals surface area (Å²) in [5.41, 5.74) is 2.68. The number of likely N-dealkylation sites (tertiary alicyclic amines) is 1. The van der Waals surface area contributed by atoms with Crippen LogP contribution in [0.25, 0.3) is 16.6 Å². The molecule has 2 aliphatic rings. The van der Waals surface area contributed by atoms with Gasteiger partial charge in [-0.3, -0.25) is 4.79 Å². The zero-order valence-corrected chi connectivity index (χ0v) is 21.2. The fraction of sp³-hybridized carbons (Fsp3) is 0.458. The molecule has 3 aromatic rings. The molecule has 1 aromatic carbocycles. The fourth-order valence-corrected chi connectivity index (χ4v) is 6.44. The quantitative estimate of drug-likeness (QED) is 0.538. The van der Waals surface area contributed by atoms with E-state index in [-0.39, 0.29) is 23.7 Å². The maximum Gasteiger partial charge on any atom is 0.224 e. The Morgan fingerprint density at radius 3 is 2.71 bits per heavy atom. The number of hydrogen-bond acceptors (Lipinski definition) is 6. The maximum atomic E-state index is 13.3. The number of nitrogens with zero attached hydrogens (tertiary/aromatic N) is 5. The summed E-state index contributed by atoms with van der Waals surface area (Å²) in [6.07, 6.45) is 8.98. The molecule has 2 aromatic heterocycles. The average Bonchev–Trinajstić information content (AvgIpc) is 3.57. The first-order valence-corrected chi connectivity index (χ1v) is 14.0. The lowest BCUT2D eigenvalue weighted by molar-refractivity contribution is -0.131. The average molecular weight is 517 g/mol. The number of hydrogen-bond donors (Lipinski definition) is 1. The van der Waals surface area contributed by atoms with Crippen LogP contribution in [0.15, 0.2) is 36.9 Å². The Labute approximate surface area is 209 Å². The summed E-state index contributed by atoms with van der Waals surface area (Å²) >= 11 is 6.43. The van der Waals surface area contributed by atoms with Crippen LogP contribution in [0.3, 0.4) is 0 Å². The highest BCUT2D eigenvalue weighted by atomic mass is 35.5. The molecule has 0 spiro atoms. The van der Waals surface area contributed by atoms with Crippen LogP contribution in [0.5, 0.6) is 0 Å². The first-order chi connectivity index (χ1) is 16.7. The van der Waals surface area contributed by atoms with E-state index in [4.69, 9.17) is 21.7 Å². The highest BCUT2D eigenvalue weighted by Gasteiger charge is 2.35. The zero-order valence-electron chi connectivity index (χ0n) is 19.6. The molecule has 0 aliphatic carbocycles. The standard InChI is InChI=1S/C24H29ClN6O3S/c1-16-20(25)7-6-19-21(29-11-8-27-15-29)13-22(28-24(16)19)30-9-2-4-17(30)12-23(32)31-10-3-5-18(31)14-35(26,33)34/h6-8,11,13,15,17-18H,2-5,9-10,12,14H2,1H3,(H2,26,33,34)/t17-,18?/m0/s1. The van der Waals surface area contributed by atoms with E-state index in [1.54, 1.807) is 17.4 Å². The Kier molecular flexibility index (Phi) is 6.45. The van der Waals surface area contributed by atoms with Crippen LogP contribution in [-0.2, 0) is 14.8 Å². The van der Waals surface area contributed by atoms with Gasteiger partial charge in [0.05, 0.1) is 23.3 Å². The lowest BCUT2D eigenvalue weighted by Crippen LogP contribution is -2.43. The van der Waals surface area contributed by atoms with E-state index in [2.05, 4.69) is 9.88 Å². The minimum atomic E-state index is -3.64. The largest absolute Gasteiger partial charge is 0.353 e. The molecule has 2 fully saturated rings. The number of imidazole rings is 1. The van der Waals surface area contributed by atoms with Crippen molar-refractivity contribution >= 4 is 44.3 Å². The van der Waals surface area contributed by atoms with Crippen LogP contribution < -0.4 is 10.0 Å². The highest BCUT2D eigenvalue weighted by molar-refractivity contribution is 7.89. The van der Waals surface area contributed by atoms with E-state index >= 15 is 0 Å². The molecule has 1 amide bonds. The monoisotopic (exact) mass is 516 g/mol. The number of sulfonamides is 1. The van der Waals surface area contributed by atoms with Crippen molar-refractivity contribution in [3.8, 4) is 5.69 Å². The van der Waals surface area contributed by atoms with E-state index < -0.39 is 10.0 Å². The molecule has 0 bridgehead atoms. The van der Waals surface area contributed by atoms with Crippen molar-refractivity contribution in [2.75, 3.05) is 23.7 Å². The molecule has 0 radical (unpaired) electrons. The number of halogens is 1. The van der Waals surface area contributed by atoms with Gasteiger partial charge in [-0.2, -0.15) is 0 Å². The van der Waals surface area contributed by atoms with E-state index in [0.717, 1.165) is 53.8 Å². The molecule has 11 heteroatoms. The Balaban J connectivity index is 1.46. The number of rotatable bonds is 6. The van der Waals surface area contributed by atoms with Gasteiger partial charge in [0, 0.05) is 60.5 Å². The summed E-state index contributed by atoms with van der Waals surface area (Å²) in [7, 11) is -3.64. The minimum absolute atomic E-state index is 0.0155. The second-order valence-electron chi connectivity index (χ2n) is 9.44. The van der Waals surface area contributed by atoms with E-state index in [1.165, 1.54) is 0 Å². The second-order valence-corrected chi connectivity index (χ2v) is 11.5. The molecular formula is C24H29ClN6O3S. The highest BCUT2D eigenvalue weighted by Crippen LogP contribution is 2.34. The number of aryl methyl sites for hydroxylation is 1. The Bertz CT molecular complexity index is 1360. The predicted molar refractivity (Wildman–Crippen MR) is 136 cm³/mol. The van der Waals surface area contributed by atoms with E-state index in [1.807, 2.05) is 35.9 Å². The summed E-state index contributed by atoms with van der Waals surface area (Å²) in [5, 5.41) is 6.89. The number of pyridine rings is 1. The van der Waals surface area contributed by atoms with Gasteiger partial charge in [-0.05, 0) is 50.3 Å². The molecule has 1 unspecified atom stereocenters. The smallest absolute Gasteiger partial charge is 0.224 e. The number of carbonyl (C=O) groups excluding carboxylic acids is 1. The molecule has 2 N–H and O–H groups in total. The number of benzene rings is 1. The van der Waals surface area contributed by atoms with Crippen molar-refractivity contribution < 1.29 is 13.2 Å². The number of aromatic nitrogens is 3. The second kappa shape index (κ2) is 9.40. The topological polar surface area (TPSA) is 114 Å². The van der Waals surface area contributed by atoms with Crippen LogP contribution >= 0.6 is 11.6 Å². The summed E-state index contributed by atoms with van der Waals surface area (Å²) in [6.45, 7) is 3.33. The molecule has 186 valence electrons. The Hall–Kier alpha value is -2.69. The van der Waals surface area contributed by atoms with Gasteiger partial charge < -0.3 is 14.4 Å². The summed E-state index contributed by atoms with van der Waals surface area (Å²) in [4.78, 5) is 26.4. The van der Waals surface area contributed by atoms with Crippen molar-refractivity contribution in [3.63, 3.8) is 0 Å². The molecule has 35 heavy (non-hydrogen) atoms. The molecule has 4 heterocycles. The van der Waals surface area contributed by atoms with Gasteiger partial charge in [0.1, 0.15) is 5.82 Å². The van der Waals surface area contributed by atoms with Crippen molar-refractivity contribution in [2.24, 2.45) is 5.14 Å². The number of amides is 1. The van der Waals surface area contributed by atoms with Crippen LogP contribution in [0, 0.1) is 6.92 Å². The first-order valence-electron chi connectivity index (χ1n) is 11.9. The third-order valence-electron chi connectivity index (χ3n) is 7.12. The molecule has 5 rings (SSSR count). The van der Waals surface area contributed by atoms with Gasteiger partial charge >= 0.3 is 0 Å².